The van der Waals surface area contributed by atoms with Gasteiger partial charge in [-0.15, -0.1) is 24.0 Å². The molecule has 1 aliphatic heterocycles. The summed E-state index contributed by atoms with van der Waals surface area (Å²) in [6.45, 7) is 1.54. The first kappa shape index (κ1) is 21.7. The molecule has 0 radical (unpaired) electrons. The molecule has 0 spiro atoms. The van der Waals surface area contributed by atoms with Crippen molar-refractivity contribution < 1.29 is 9.13 Å². The van der Waals surface area contributed by atoms with E-state index in [0.717, 1.165) is 18.1 Å². The zero-order chi connectivity index (χ0) is 18.2. The van der Waals surface area contributed by atoms with E-state index < -0.39 is 0 Å². The molecule has 3 rings (SSSR count). The minimum atomic E-state index is -0.293. The number of aliphatic imine (C=N–C) groups is 1. The summed E-state index contributed by atoms with van der Waals surface area (Å²) in [5, 5.41) is 7.35. The van der Waals surface area contributed by atoms with Crippen LogP contribution < -0.4 is 15.4 Å². The van der Waals surface area contributed by atoms with E-state index in [1.54, 1.807) is 25.4 Å². The lowest BCUT2D eigenvalue weighted by molar-refractivity contribution is 0.460. The maximum Gasteiger partial charge on any atom is 0.219 e. The highest BCUT2D eigenvalue weighted by Gasteiger charge is 2.15. The molecule has 146 valence electrons. The van der Waals surface area contributed by atoms with Crippen LogP contribution in [0.25, 0.3) is 0 Å². The van der Waals surface area contributed by atoms with E-state index in [0.29, 0.717) is 23.4 Å². The van der Waals surface area contributed by atoms with Crippen LogP contribution in [0.2, 0.25) is 0 Å². The van der Waals surface area contributed by atoms with E-state index in [9.17, 15) is 4.39 Å². The third kappa shape index (κ3) is 7.17. The third-order valence-electron chi connectivity index (χ3n) is 4.04. The summed E-state index contributed by atoms with van der Waals surface area (Å²) in [6.07, 6.45) is 4.27. The molecule has 1 fully saturated rings. The predicted molar refractivity (Wildman–Crippen MR) is 120 cm³/mol. The van der Waals surface area contributed by atoms with Crippen LogP contribution in [0.4, 0.5) is 4.39 Å². The van der Waals surface area contributed by atoms with Gasteiger partial charge in [-0.3, -0.25) is 4.99 Å². The van der Waals surface area contributed by atoms with E-state index in [1.165, 1.54) is 30.7 Å². The topological polar surface area (TPSA) is 58.5 Å². The van der Waals surface area contributed by atoms with Crippen molar-refractivity contribution in [2.75, 3.05) is 19.3 Å². The molecule has 0 saturated carbocycles. The number of rotatable bonds is 6. The number of halogens is 2. The smallest absolute Gasteiger partial charge is 0.219 e. The maximum absolute atomic E-state index is 13.0. The largest absolute Gasteiger partial charge is 0.439 e. The van der Waals surface area contributed by atoms with Crippen LogP contribution in [0.3, 0.4) is 0 Å². The first-order chi connectivity index (χ1) is 12.7. The molecule has 2 N–H and O–H groups in total. The van der Waals surface area contributed by atoms with Gasteiger partial charge in [0.25, 0.3) is 0 Å². The summed E-state index contributed by atoms with van der Waals surface area (Å²) in [5.41, 5.74) is 1.02. The van der Waals surface area contributed by atoms with Gasteiger partial charge in [-0.2, -0.15) is 11.8 Å². The lowest BCUT2D eigenvalue weighted by Crippen LogP contribution is -2.39. The van der Waals surface area contributed by atoms with Gasteiger partial charge in [0.1, 0.15) is 11.6 Å². The second kappa shape index (κ2) is 11.3. The number of hydrogen-bond donors (Lipinski definition) is 2. The minimum absolute atomic E-state index is 0. The standard InChI is InChI=1S/C19H23FN4OS.HI/c1-21-19(24-13-17-3-2-10-26-17)23-12-14-8-9-22-18(11-14)25-16-6-4-15(20)5-7-16;/h4-9,11,17H,2-3,10,12-13H2,1H3,(H2,21,23,24);1H. The van der Waals surface area contributed by atoms with Crippen molar-refractivity contribution in [3.05, 3.63) is 54.0 Å². The molecule has 1 aromatic heterocycles. The minimum Gasteiger partial charge on any atom is -0.439 e. The van der Waals surface area contributed by atoms with E-state index in [-0.39, 0.29) is 29.8 Å². The van der Waals surface area contributed by atoms with Gasteiger partial charge in [0.15, 0.2) is 5.96 Å². The molecule has 0 amide bonds. The number of guanidine groups is 1. The van der Waals surface area contributed by atoms with Crippen molar-refractivity contribution in [3.8, 4) is 11.6 Å². The quantitative estimate of drug-likeness (QED) is 0.353. The molecule has 27 heavy (non-hydrogen) atoms. The molecule has 0 bridgehead atoms. The molecule has 8 heteroatoms. The summed E-state index contributed by atoms with van der Waals surface area (Å²) < 4.78 is 18.6. The summed E-state index contributed by atoms with van der Waals surface area (Å²) >= 11 is 2.02. The highest BCUT2D eigenvalue weighted by Crippen LogP contribution is 2.25. The fraction of sp³-hybridized carbons (Fsp3) is 0.368. The van der Waals surface area contributed by atoms with Crippen molar-refractivity contribution >= 4 is 41.7 Å². The van der Waals surface area contributed by atoms with Crippen molar-refractivity contribution in [2.24, 2.45) is 4.99 Å². The molecule has 2 aromatic rings. The summed E-state index contributed by atoms with van der Waals surface area (Å²) in [6, 6.07) is 9.66. The molecule has 0 aliphatic carbocycles. The number of nitrogens with one attached hydrogen (secondary N) is 2. The highest BCUT2D eigenvalue weighted by molar-refractivity contribution is 14.0. The van der Waals surface area contributed by atoms with Gasteiger partial charge in [-0.25, -0.2) is 9.37 Å². The Balaban J connectivity index is 0.00000261. The molecule has 1 aromatic carbocycles. The number of hydrogen-bond acceptors (Lipinski definition) is 4. The monoisotopic (exact) mass is 502 g/mol. The fourth-order valence-corrected chi connectivity index (χ4v) is 3.86. The van der Waals surface area contributed by atoms with Crippen LogP contribution in [0.15, 0.2) is 47.6 Å². The first-order valence-electron chi connectivity index (χ1n) is 8.67. The molecule has 5 nitrogen and oxygen atoms in total. The Hall–Kier alpha value is -1.55. The summed E-state index contributed by atoms with van der Waals surface area (Å²) in [5.74, 6) is 2.77. The third-order valence-corrected chi connectivity index (χ3v) is 5.44. The first-order valence-corrected chi connectivity index (χ1v) is 9.72. The lowest BCUT2D eigenvalue weighted by Gasteiger charge is -2.15. The van der Waals surface area contributed by atoms with E-state index in [1.807, 2.05) is 23.9 Å². The fourth-order valence-electron chi connectivity index (χ4n) is 2.66. The number of aromatic nitrogens is 1. The van der Waals surface area contributed by atoms with Gasteiger partial charge in [-0.05, 0) is 54.5 Å². The second-order valence-electron chi connectivity index (χ2n) is 6.00. The van der Waals surface area contributed by atoms with Crippen LogP contribution in [-0.4, -0.2) is 35.5 Å². The van der Waals surface area contributed by atoms with Crippen molar-refractivity contribution in [1.29, 1.82) is 0 Å². The van der Waals surface area contributed by atoms with E-state index >= 15 is 0 Å². The van der Waals surface area contributed by atoms with Crippen LogP contribution in [0, 0.1) is 5.82 Å². The molecule has 1 unspecified atom stereocenters. The Morgan fingerprint density at radius 3 is 2.81 bits per heavy atom. The Morgan fingerprint density at radius 1 is 1.30 bits per heavy atom. The second-order valence-corrected chi connectivity index (χ2v) is 7.41. The van der Waals surface area contributed by atoms with Crippen molar-refractivity contribution in [2.45, 2.75) is 24.6 Å². The Bertz CT molecular complexity index is 739. The zero-order valence-electron chi connectivity index (χ0n) is 15.2. The van der Waals surface area contributed by atoms with E-state index in [4.69, 9.17) is 4.74 Å². The molecular weight excluding hydrogens is 478 g/mol. The Labute approximate surface area is 180 Å². The molecule has 1 aliphatic rings. The van der Waals surface area contributed by atoms with Gasteiger partial charge in [-0.1, -0.05) is 0 Å². The van der Waals surface area contributed by atoms with Crippen LogP contribution in [-0.2, 0) is 6.54 Å². The van der Waals surface area contributed by atoms with Gasteiger partial charge in [0.05, 0.1) is 0 Å². The van der Waals surface area contributed by atoms with Crippen molar-refractivity contribution in [1.82, 2.24) is 15.6 Å². The average molecular weight is 502 g/mol. The Kier molecular flexibility index (Phi) is 9.12. The molecule has 1 saturated heterocycles. The van der Waals surface area contributed by atoms with Gasteiger partial charge in [0, 0.05) is 37.7 Å². The van der Waals surface area contributed by atoms with Gasteiger partial charge < -0.3 is 15.4 Å². The summed E-state index contributed by atoms with van der Waals surface area (Å²) in [4.78, 5) is 8.47. The van der Waals surface area contributed by atoms with Gasteiger partial charge >= 0.3 is 0 Å². The van der Waals surface area contributed by atoms with Crippen LogP contribution >= 0.6 is 35.7 Å². The predicted octanol–water partition coefficient (Wildman–Crippen LogP) is 4.19. The zero-order valence-corrected chi connectivity index (χ0v) is 18.3. The summed E-state index contributed by atoms with van der Waals surface area (Å²) in [7, 11) is 1.77. The number of benzene rings is 1. The van der Waals surface area contributed by atoms with Gasteiger partial charge in [0.2, 0.25) is 5.88 Å². The maximum atomic E-state index is 13.0. The Morgan fingerprint density at radius 2 is 2.11 bits per heavy atom. The van der Waals surface area contributed by atoms with E-state index in [2.05, 4.69) is 20.6 Å². The molecule has 2 heterocycles. The molecule has 1 atom stereocenters. The highest BCUT2D eigenvalue weighted by atomic mass is 127. The lowest BCUT2D eigenvalue weighted by atomic mass is 10.2. The van der Waals surface area contributed by atoms with Crippen LogP contribution in [0.1, 0.15) is 18.4 Å². The number of pyridine rings is 1. The van der Waals surface area contributed by atoms with Crippen molar-refractivity contribution in [3.63, 3.8) is 0 Å². The number of ether oxygens (including phenoxy) is 1. The average Bonchev–Trinajstić information content (AvgIpc) is 3.18. The normalized spacial score (nSPS) is 16.5. The van der Waals surface area contributed by atoms with Crippen LogP contribution in [0.5, 0.6) is 11.6 Å². The molecular formula is C19H24FIN4OS. The number of nitrogens with zero attached hydrogens (tertiary/aromatic N) is 2. The SMILES string of the molecule is CN=C(NCc1ccnc(Oc2ccc(F)cc2)c1)NCC1CCCS1.I. The number of thioether (sulfide) groups is 1.